The second kappa shape index (κ2) is 3.18. The van der Waals surface area contributed by atoms with E-state index < -0.39 is 0 Å². The highest BCUT2D eigenvalue weighted by atomic mass is 16.5. The van der Waals surface area contributed by atoms with Crippen LogP contribution in [0, 0.1) is 5.92 Å². The quantitative estimate of drug-likeness (QED) is 0.525. The molecular formula is C7H14O2. The van der Waals surface area contributed by atoms with Gasteiger partial charge in [-0.25, -0.2) is 0 Å². The minimum atomic E-state index is -0.220. The molecule has 2 atom stereocenters. The Bertz CT molecular complexity index is 73.0. The van der Waals surface area contributed by atoms with Gasteiger partial charge in [-0.15, -0.1) is 0 Å². The van der Waals surface area contributed by atoms with Crippen molar-refractivity contribution in [3.8, 4) is 0 Å². The summed E-state index contributed by atoms with van der Waals surface area (Å²) in [4.78, 5) is 0. The molecule has 1 fully saturated rings. The van der Waals surface area contributed by atoms with Crippen LogP contribution in [0.15, 0.2) is 0 Å². The first-order chi connectivity index (χ1) is 4.29. The van der Waals surface area contributed by atoms with Crippen LogP contribution in [0.5, 0.6) is 0 Å². The van der Waals surface area contributed by atoms with E-state index in [2.05, 4.69) is 6.92 Å². The van der Waals surface area contributed by atoms with E-state index in [0.717, 1.165) is 19.4 Å². The molecule has 0 bridgehead atoms. The molecule has 0 spiro atoms. The van der Waals surface area contributed by atoms with Crippen LogP contribution in [0.25, 0.3) is 0 Å². The van der Waals surface area contributed by atoms with Crippen molar-refractivity contribution in [2.75, 3.05) is 13.2 Å². The summed E-state index contributed by atoms with van der Waals surface area (Å²) in [6.07, 6.45) is 1.78. The molecule has 1 heterocycles. The average molecular weight is 130 g/mol. The molecule has 0 aromatic heterocycles. The van der Waals surface area contributed by atoms with Crippen molar-refractivity contribution in [2.24, 2.45) is 5.92 Å². The van der Waals surface area contributed by atoms with E-state index in [1.807, 2.05) is 0 Å². The molecule has 1 aliphatic rings. The first-order valence-corrected chi connectivity index (χ1v) is 3.55. The molecule has 1 rings (SSSR count). The molecule has 2 unspecified atom stereocenters. The van der Waals surface area contributed by atoms with Crippen molar-refractivity contribution in [1.29, 1.82) is 0 Å². The summed E-state index contributed by atoms with van der Waals surface area (Å²) in [5.74, 6) is 0.627. The second-order valence-electron chi connectivity index (χ2n) is 2.86. The van der Waals surface area contributed by atoms with E-state index in [9.17, 15) is 0 Å². The molecule has 0 saturated carbocycles. The fourth-order valence-electron chi connectivity index (χ4n) is 1.15. The van der Waals surface area contributed by atoms with Crippen LogP contribution >= 0.6 is 0 Å². The SMILES string of the molecule is CC1CCOCC(O)C1. The summed E-state index contributed by atoms with van der Waals surface area (Å²) in [5, 5.41) is 9.13. The molecule has 54 valence electrons. The first-order valence-electron chi connectivity index (χ1n) is 3.55. The largest absolute Gasteiger partial charge is 0.391 e. The highest BCUT2D eigenvalue weighted by molar-refractivity contribution is 4.64. The van der Waals surface area contributed by atoms with Crippen LogP contribution in [-0.4, -0.2) is 24.4 Å². The fraction of sp³-hybridized carbons (Fsp3) is 1.00. The van der Waals surface area contributed by atoms with Gasteiger partial charge in [0.15, 0.2) is 0 Å². The van der Waals surface area contributed by atoms with E-state index in [4.69, 9.17) is 9.84 Å². The first kappa shape index (κ1) is 7.03. The van der Waals surface area contributed by atoms with E-state index >= 15 is 0 Å². The van der Waals surface area contributed by atoms with Crippen LogP contribution < -0.4 is 0 Å². The van der Waals surface area contributed by atoms with Crippen molar-refractivity contribution in [2.45, 2.75) is 25.9 Å². The molecule has 9 heavy (non-hydrogen) atoms. The standard InChI is InChI=1S/C7H14O2/c1-6-2-3-9-5-7(8)4-6/h6-8H,2-5H2,1H3. The number of hydrogen-bond acceptors (Lipinski definition) is 2. The van der Waals surface area contributed by atoms with Gasteiger partial charge in [0.25, 0.3) is 0 Å². The zero-order chi connectivity index (χ0) is 6.69. The fourth-order valence-corrected chi connectivity index (χ4v) is 1.15. The highest BCUT2D eigenvalue weighted by Crippen LogP contribution is 2.14. The third kappa shape index (κ3) is 2.33. The zero-order valence-corrected chi connectivity index (χ0v) is 5.84. The highest BCUT2D eigenvalue weighted by Gasteiger charge is 2.13. The second-order valence-corrected chi connectivity index (χ2v) is 2.86. The van der Waals surface area contributed by atoms with E-state index in [1.165, 1.54) is 0 Å². The Kier molecular flexibility index (Phi) is 2.49. The minimum Gasteiger partial charge on any atom is -0.391 e. The molecule has 0 radical (unpaired) electrons. The molecule has 1 N–H and O–H groups in total. The predicted molar refractivity (Wildman–Crippen MR) is 35.2 cm³/mol. The molecular weight excluding hydrogens is 116 g/mol. The minimum absolute atomic E-state index is 0.220. The average Bonchev–Trinajstić information content (AvgIpc) is 1.93. The van der Waals surface area contributed by atoms with Crippen molar-refractivity contribution in [3.05, 3.63) is 0 Å². The summed E-state index contributed by atoms with van der Waals surface area (Å²) >= 11 is 0. The summed E-state index contributed by atoms with van der Waals surface area (Å²) in [6.45, 7) is 3.50. The molecule has 0 aromatic rings. The third-order valence-corrected chi connectivity index (χ3v) is 1.74. The van der Waals surface area contributed by atoms with Gasteiger partial charge in [0.1, 0.15) is 0 Å². The van der Waals surface area contributed by atoms with E-state index in [-0.39, 0.29) is 6.10 Å². The number of hydrogen-bond donors (Lipinski definition) is 1. The summed E-state index contributed by atoms with van der Waals surface area (Å²) < 4.78 is 5.13. The number of aliphatic hydroxyl groups is 1. The Hall–Kier alpha value is -0.0800. The Morgan fingerprint density at radius 3 is 3.11 bits per heavy atom. The Morgan fingerprint density at radius 2 is 2.33 bits per heavy atom. The van der Waals surface area contributed by atoms with E-state index in [1.54, 1.807) is 0 Å². The van der Waals surface area contributed by atoms with Gasteiger partial charge in [0.05, 0.1) is 12.7 Å². The zero-order valence-electron chi connectivity index (χ0n) is 5.84. The molecule has 0 amide bonds. The number of aliphatic hydroxyl groups excluding tert-OH is 1. The maximum absolute atomic E-state index is 9.13. The molecule has 0 aromatic carbocycles. The normalized spacial score (nSPS) is 38.0. The molecule has 1 saturated heterocycles. The van der Waals surface area contributed by atoms with Crippen molar-refractivity contribution < 1.29 is 9.84 Å². The van der Waals surface area contributed by atoms with Gasteiger partial charge in [0.2, 0.25) is 0 Å². The van der Waals surface area contributed by atoms with Crippen LogP contribution in [0.4, 0.5) is 0 Å². The van der Waals surface area contributed by atoms with Crippen LogP contribution in [0.1, 0.15) is 19.8 Å². The van der Waals surface area contributed by atoms with Gasteiger partial charge in [-0.1, -0.05) is 6.92 Å². The van der Waals surface area contributed by atoms with Gasteiger partial charge >= 0.3 is 0 Å². The maximum Gasteiger partial charge on any atom is 0.0776 e. The number of rotatable bonds is 0. The van der Waals surface area contributed by atoms with Gasteiger partial charge in [0, 0.05) is 6.61 Å². The molecule has 2 heteroatoms. The lowest BCUT2D eigenvalue weighted by molar-refractivity contribution is 0.0505. The lowest BCUT2D eigenvalue weighted by atomic mass is 10.0. The Labute approximate surface area is 55.8 Å². The van der Waals surface area contributed by atoms with Crippen LogP contribution in [-0.2, 0) is 4.74 Å². The lowest BCUT2D eigenvalue weighted by Crippen LogP contribution is -2.13. The summed E-state index contributed by atoms with van der Waals surface area (Å²) in [5.41, 5.74) is 0. The smallest absolute Gasteiger partial charge is 0.0776 e. The Morgan fingerprint density at radius 1 is 1.56 bits per heavy atom. The maximum atomic E-state index is 9.13. The van der Waals surface area contributed by atoms with Gasteiger partial charge in [-0.05, 0) is 18.8 Å². The van der Waals surface area contributed by atoms with Gasteiger partial charge in [-0.2, -0.15) is 0 Å². The summed E-state index contributed by atoms with van der Waals surface area (Å²) in [7, 11) is 0. The lowest BCUT2D eigenvalue weighted by Gasteiger charge is -2.07. The monoisotopic (exact) mass is 130 g/mol. The van der Waals surface area contributed by atoms with Gasteiger partial charge in [-0.3, -0.25) is 0 Å². The van der Waals surface area contributed by atoms with Crippen molar-refractivity contribution in [3.63, 3.8) is 0 Å². The molecule has 0 aliphatic carbocycles. The topological polar surface area (TPSA) is 29.5 Å². The predicted octanol–water partition coefficient (Wildman–Crippen LogP) is 0.794. The Balaban J connectivity index is 2.29. The van der Waals surface area contributed by atoms with Crippen molar-refractivity contribution >= 4 is 0 Å². The van der Waals surface area contributed by atoms with Crippen LogP contribution in [0.2, 0.25) is 0 Å². The van der Waals surface area contributed by atoms with E-state index in [0.29, 0.717) is 12.5 Å². The third-order valence-electron chi connectivity index (χ3n) is 1.74. The molecule has 1 aliphatic heterocycles. The van der Waals surface area contributed by atoms with Crippen LogP contribution in [0.3, 0.4) is 0 Å². The van der Waals surface area contributed by atoms with Crippen molar-refractivity contribution in [1.82, 2.24) is 0 Å². The number of ether oxygens (including phenoxy) is 1. The summed E-state index contributed by atoms with van der Waals surface area (Å²) in [6, 6.07) is 0. The van der Waals surface area contributed by atoms with Gasteiger partial charge < -0.3 is 9.84 Å². The molecule has 2 nitrogen and oxygen atoms in total.